The van der Waals surface area contributed by atoms with E-state index in [0.717, 1.165) is 0 Å². The van der Waals surface area contributed by atoms with Crippen molar-refractivity contribution in [2.24, 2.45) is 0 Å². The molecule has 10 nitrogen and oxygen atoms in total. The van der Waals surface area contributed by atoms with Crippen LogP contribution in [-0.2, 0) is 55.1 Å². The summed E-state index contributed by atoms with van der Waals surface area (Å²) >= 11 is 0. The first-order chi connectivity index (χ1) is 20.8. The minimum absolute atomic E-state index is 0.0859. The number of ether oxygens (including phenoxy) is 3. The molecule has 1 aliphatic carbocycles. The third-order valence-corrected chi connectivity index (χ3v) is 7.69. The van der Waals surface area contributed by atoms with Crippen LogP contribution in [0.2, 0.25) is 0 Å². The molecule has 0 fully saturated rings. The minimum Gasteiger partial charge on any atom is -0.463 e. The molecule has 0 saturated carbocycles. The Morgan fingerprint density at radius 2 is 1.30 bits per heavy atom. The van der Waals surface area contributed by atoms with Gasteiger partial charge in [0.1, 0.15) is 12.2 Å². The van der Waals surface area contributed by atoms with Gasteiger partial charge in [-0.15, -0.1) is 0 Å². The van der Waals surface area contributed by atoms with Crippen LogP contribution in [-0.4, -0.2) is 42.8 Å². The molecule has 3 aromatic rings. The second kappa shape index (κ2) is 15.4. The van der Waals surface area contributed by atoms with Crippen LogP contribution in [0.25, 0.3) is 0 Å². The minimum atomic E-state index is -4.43. The van der Waals surface area contributed by atoms with Gasteiger partial charge in [0.15, 0.2) is 6.10 Å². The van der Waals surface area contributed by atoms with E-state index in [2.05, 4.69) is 0 Å². The summed E-state index contributed by atoms with van der Waals surface area (Å²) < 4.78 is 48.2. The lowest BCUT2D eigenvalue weighted by atomic mass is 9.91. The molecule has 0 N–H and O–H groups in total. The van der Waals surface area contributed by atoms with Crippen LogP contribution >= 0.6 is 7.82 Å². The normalized spacial score (nSPS) is 18.3. The van der Waals surface area contributed by atoms with E-state index in [9.17, 15) is 18.9 Å². The maximum absolute atomic E-state index is 14.2. The third kappa shape index (κ3) is 9.46. The average Bonchev–Trinajstić information content (AvgIpc) is 3.02. The van der Waals surface area contributed by atoms with Crippen LogP contribution in [0.3, 0.4) is 0 Å². The Labute approximate surface area is 250 Å². The molecule has 4 rings (SSSR count). The first kappa shape index (κ1) is 31.8. The van der Waals surface area contributed by atoms with Crippen LogP contribution in [0.15, 0.2) is 103 Å². The van der Waals surface area contributed by atoms with Gasteiger partial charge in [-0.1, -0.05) is 78.9 Å². The quantitative estimate of drug-likeness (QED) is 0.130. The van der Waals surface area contributed by atoms with E-state index in [4.69, 9.17) is 27.8 Å². The number of benzene rings is 3. The highest BCUT2D eigenvalue weighted by Crippen LogP contribution is 2.53. The third-order valence-electron chi connectivity index (χ3n) is 6.30. The Hall–Kier alpha value is -4.08. The fourth-order valence-corrected chi connectivity index (χ4v) is 5.59. The number of phosphoric ester groups is 1. The topological polar surface area (TPSA) is 124 Å². The van der Waals surface area contributed by atoms with Crippen molar-refractivity contribution in [1.29, 1.82) is 0 Å². The zero-order valence-corrected chi connectivity index (χ0v) is 24.7. The van der Waals surface area contributed by atoms with E-state index in [-0.39, 0.29) is 37.4 Å². The fourth-order valence-electron chi connectivity index (χ4n) is 4.30. The van der Waals surface area contributed by atoms with E-state index >= 15 is 0 Å². The molecule has 0 amide bonds. The van der Waals surface area contributed by atoms with E-state index in [1.165, 1.54) is 13.0 Å². The van der Waals surface area contributed by atoms with E-state index in [0.29, 0.717) is 11.1 Å². The van der Waals surface area contributed by atoms with Crippen molar-refractivity contribution in [2.75, 3.05) is 6.61 Å². The molecule has 0 spiro atoms. The molecule has 0 aliphatic heterocycles. The predicted octanol–water partition coefficient (Wildman–Crippen LogP) is 5.96. The maximum Gasteiger partial charge on any atom is 0.476 e. The monoisotopic (exact) mass is 608 g/mol. The summed E-state index contributed by atoms with van der Waals surface area (Å²) in [4.78, 5) is 38.0. The molecule has 0 heterocycles. The summed E-state index contributed by atoms with van der Waals surface area (Å²) in [6.45, 7) is 2.66. The van der Waals surface area contributed by atoms with Gasteiger partial charge in [0, 0.05) is 18.9 Å². The van der Waals surface area contributed by atoms with Gasteiger partial charge in [-0.05, 0) is 36.3 Å². The van der Waals surface area contributed by atoms with Gasteiger partial charge in [-0.25, -0.2) is 14.2 Å². The average molecular weight is 609 g/mol. The number of carbonyl (C=O) groups excluding carboxylic acids is 3. The lowest BCUT2D eigenvalue weighted by molar-refractivity contribution is -0.158. The number of hydrogen-bond acceptors (Lipinski definition) is 10. The van der Waals surface area contributed by atoms with Gasteiger partial charge >= 0.3 is 25.7 Å². The Bertz CT molecular complexity index is 1400. The van der Waals surface area contributed by atoms with Crippen molar-refractivity contribution in [3.05, 3.63) is 119 Å². The van der Waals surface area contributed by atoms with Crippen LogP contribution < -0.4 is 0 Å². The van der Waals surface area contributed by atoms with Crippen LogP contribution in [0.1, 0.15) is 41.8 Å². The molecule has 3 atom stereocenters. The Balaban J connectivity index is 1.69. The van der Waals surface area contributed by atoms with Crippen molar-refractivity contribution in [3.63, 3.8) is 0 Å². The van der Waals surface area contributed by atoms with Gasteiger partial charge in [-0.2, -0.15) is 0 Å². The predicted molar refractivity (Wildman–Crippen MR) is 155 cm³/mol. The lowest BCUT2D eigenvalue weighted by Crippen LogP contribution is -2.47. The summed E-state index contributed by atoms with van der Waals surface area (Å²) in [5.74, 6) is -2.11. The van der Waals surface area contributed by atoms with Gasteiger partial charge in [0.2, 0.25) is 0 Å². The van der Waals surface area contributed by atoms with Crippen molar-refractivity contribution in [3.8, 4) is 0 Å². The van der Waals surface area contributed by atoms with Crippen LogP contribution in [0.4, 0.5) is 0 Å². The molecule has 0 aromatic heterocycles. The van der Waals surface area contributed by atoms with Gasteiger partial charge in [0.05, 0.1) is 25.4 Å². The highest BCUT2D eigenvalue weighted by molar-refractivity contribution is 7.48. The largest absolute Gasteiger partial charge is 0.476 e. The van der Waals surface area contributed by atoms with Crippen molar-refractivity contribution < 1.29 is 46.7 Å². The first-order valence-electron chi connectivity index (χ1n) is 13.7. The van der Waals surface area contributed by atoms with Gasteiger partial charge in [-0.3, -0.25) is 18.4 Å². The summed E-state index contributed by atoms with van der Waals surface area (Å²) in [6, 6.07) is 26.1. The molecule has 0 unspecified atom stereocenters. The molecule has 0 radical (unpaired) electrons. The summed E-state index contributed by atoms with van der Waals surface area (Å²) in [6.07, 6.45) is -2.67. The molecule has 0 bridgehead atoms. The molecular weight excluding hydrogens is 575 g/mol. The van der Waals surface area contributed by atoms with Crippen molar-refractivity contribution >= 4 is 25.7 Å². The van der Waals surface area contributed by atoms with E-state index < -0.39 is 44.0 Å². The summed E-state index contributed by atoms with van der Waals surface area (Å²) in [7, 11) is -4.43. The molecule has 43 heavy (non-hydrogen) atoms. The van der Waals surface area contributed by atoms with Crippen molar-refractivity contribution in [2.45, 2.75) is 51.8 Å². The van der Waals surface area contributed by atoms with Gasteiger partial charge < -0.3 is 14.2 Å². The SMILES string of the molecule is CCOC(=O)C1=C[C@@H](OP(=O)(OCc2ccccc2)OCc2ccccc2)[C@@H](OC(=O)c2ccccc2)[C@H](OC(C)=O)C1. The second-order valence-corrected chi connectivity index (χ2v) is 11.2. The lowest BCUT2D eigenvalue weighted by Gasteiger charge is -2.36. The second-order valence-electron chi connectivity index (χ2n) is 9.54. The number of esters is 3. The van der Waals surface area contributed by atoms with Gasteiger partial charge in [0.25, 0.3) is 0 Å². The van der Waals surface area contributed by atoms with E-state index in [1.807, 2.05) is 12.1 Å². The summed E-state index contributed by atoms with van der Waals surface area (Å²) in [5, 5.41) is 0. The smallest absolute Gasteiger partial charge is 0.463 e. The fraction of sp³-hybridized carbons (Fsp3) is 0.281. The standard InChI is InChI=1S/C32H33O10P/c1-3-37-31(34)27-19-28(40-23(2)33)30(41-32(35)26-17-11-6-12-18-26)29(20-27)42-43(36,38-21-24-13-7-4-8-14-24)39-22-25-15-9-5-10-16-25/h4-18,20,28-30H,3,19,21-22H2,1-2H3/t28-,29-,30+/m1/s1. The Morgan fingerprint density at radius 1 is 0.767 bits per heavy atom. The number of phosphoric acid groups is 1. The maximum atomic E-state index is 14.2. The molecule has 11 heteroatoms. The number of carbonyl (C=O) groups is 3. The van der Waals surface area contributed by atoms with E-state index in [1.54, 1.807) is 85.8 Å². The Morgan fingerprint density at radius 3 is 1.81 bits per heavy atom. The molecule has 226 valence electrons. The van der Waals surface area contributed by atoms with Crippen molar-refractivity contribution in [1.82, 2.24) is 0 Å². The molecular formula is C32H33O10P. The molecule has 1 aliphatic rings. The number of hydrogen-bond donors (Lipinski definition) is 0. The zero-order chi connectivity index (χ0) is 30.7. The molecule has 3 aromatic carbocycles. The number of rotatable bonds is 13. The summed E-state index contributed by atoms with van der Waals surface area (Å²) in [5.41, 5.74) is 1.71. The Kier molecular flexibility index (Phi) is 11.4. The first-order valence-corrected chi connectivity index (χ1v) is 15.2. The molecule has 0 saturated heterocycles. The van der Waals surface area contributed by atoms with Crippen LogP contribution in [0.5, 0.6) is 0 Å². The zero-order valence-electron chi connectivity index (χ0n) is 23.8. The highest BCUT2D eigenvalue weighted by Gasteiger charge is 2.45. The highest BCUT2D eigenvalue weighted by atomic mass is 31.2. The van der Waals surface area contributed by atoms with Crippen LogP contribution in [0, 0.1) is 0 Å².